The maximum atomic E-state index is 2.54. The van der Waals surface area contributed by atoms with Crippen molar-refractivity contribution in [2.75, 3.05) is 0 Å². The van der Waals surface area contributed by atoms with Gasteiger partial charge >= 0.3 is 207 Å². The van der Waals surface area contributed by atoms with Gasteiger partial charge in [-0.3, -0.25) is 0 Å². The standard InChI is InChI=1S/2C12H13.C7H7.2ClH.H2Si.Zr/c2*1-3-10-5-4-6-11-7-9(2)8-12(10)11;1-7-5-3-2-4-6-7;;;;/h2*4-8H,3H2,1-2H3;2-6H,1H2;2*1H;1H2;/q;;;;;;+2/p-2. The second-order valence-electron chi connectivity index (χ2n) is 10.1. The molecule has 0 amide bonds. The predicted octanol–water partition coefficient (Wildman–Crippen LogP) is 1.34. The van der Waals surface area contributed by atoms with Crippen molar-refractivity contribution in [2.24, 2.45) is 0 Å². The number of allylic oxidation sites excluding steroid dienone is 2. The van der Waals surface area contributed by atoms with Gasteiger partial charge in [0.1, 0.15) is 0 Å². The summed E-state index contributed by atoms with van der Waals surface area (Å²) in [6.07, 6.45) is 7.30. The van der Waals surface area contributed by atoms with Crippen LogP contribution >= 0.6 is 0 Å². The second-order valence-corrected chi connectivity index (χ2v) is 27.6. The summed E-state index contributed by atoms with van der Waals surface area (Å²) in [4.78, 5) is 0. The zero-order valence-electron chi connectivity index (χ0n) is 21.2. The van der Waals surface area contributed by atoms with Crippen LogP contribution in [0.4, 0.5) is 0 Å². The van der Waals surface area contributed by atoms with Crippen molar-refractivity contribution in [2.45, 2.75) is 51.9 Å². The van der Waals surface area contributed by atoms with Gasteiger partial charge in [0, 0.05) is 0 Å². The third-order valence-corrected chi connectivity index (χ3v) is 26.4. The summed E-state index contributed by atoms with van der Waals surface area (Å²) in [5.74, 6) is 0. The Hall–Kier alpha value is -1.18. The van der Waals surface area contributed by atoms with Crippen LogP contribution in [-0.2, 0) is 35.9 Å². The largest absolute Gasteiger partial charge is 1.00 e. The van der Waals surface area contributed by atoms with Gasteiger partial charge in [-0.2, -0.15) is 0 Å². The van der Waals surface area contributed by atoms with Crippen LogP contribution < -0.4 is 24.8 Å². The first-order valence-electron chi connectivity index (χ1n) is 12.5. The van der Waals surface area contributed by atoms with E-state index >= 15 is 0 Å². The first kappa shape index (κ1) is 28.4. The van der Waals surface area contributed by atoms with E-state index in [1.807, 2.05) is 0 Å². The summed E-state index contributed by atoms with van der Waals surface area (Å²) in [6.45, 7) is 11.9. The molecule has 0 bridgehead atoms. The molecule has 35 heavy (non-hydrogen) atoms. The van der Waals surface area contributed by atoms with Gasteiger partial charge in [-0.05, 0) is 0 Å². The molecule has 2 aliphatic rings. The number of rotatable bonds is 6. The Balaban J connectivity index is 0.00000171. The molecule has 0 nitrogen and oxygen atoms in total. The molecule has 2 aliphatic carbocycles. The average molecular weight is 598 g/mol. The van der Waals surface area contributed by atoms with Gasteiger partial charge in [0.05, 0.1) is 0 Å². The van der Waals surface area contributed by atoms with Crippen molar-refractivity contribution in [1.29, 1.82) is 0 Å². The van der Waals surface area contributed by atoms with Crippen LogP contribution in [0.15, 0.2) is 77.9 Å². The minimum atomic E-state index is -2.96. The average Bonchev–Trinajstić information content (AvgIpc) is 3.35. The fourth-order valence-corrected chi connectivity index (χ4v) is 28.3. The molecular weight excluding hydrogens is 563 g/mol. The molecule has 4 heteroatoms. The topological polar surface area (TPSA) is 0 Å². The monoisotopic (exact) mass is 595 g/mol. The summed E-state index contributed by atoms with van der Waals surface area (Å²) in [5.41, 5.74) is 14.1. The normalized spacial score (nSPS) is 18.5. The van der Waals surface area contributed by atoms with Crippen molar-refractivity contribution in [1.82, 2.24) is 0 Å². The first-order chi connectivity index (χ1) is 16.0. The molecule has 0 N–H and O–H groups in total. The Kier molecular flexibility index (Phi) is 9.31. The molecule has 181 valence electrons. The Bertz CT molecular complexity index is 1240. The van der Waals surface area contributed by atoms with E-state index in [-0.39, 0.29) is 24.8 Å². The van der Waals surface area contributed by atoms with Gasteiger partial charge in [-0.1, -0.05) is 0 Å². The Morgan fingerprint density at radius 3 is 1.54 bits per heavy atom. The van der Waals surface area contributed by atoms with Crippen molar-refractivity contribution < 1.29 is 43.7 Å². The summed E-state index contributed by atoms with van der Waals surface area (Å²) in [7, 11) is 0. The van der Waals surface area contributed by atoms with Crippen LogP contribution in [-0.4, -0.2) is 6.88 Å². The van der Waals surface area contributed by atoms with E-state index in [0.29, 0.717) is 7.25 Å². The number of benzene rings is 3. The molecule has 5 rings (SSSR count). The fourth-order valence-electron chi connectivity index (χ4n) is 6.72. The van der Waals surface area contributed by atoms with Crippen LogP contribution in [0.2, 0.25) is 0 Å². The number of halogens is 2. The maximum absolute atomic E-state index is 2.96. The fraction of sp³-hybridized carbons (Fsp3) is 0.290. The molecule has 0 fully saturated rings. The molecule has 3 aromatic carbocycles. The molecule has 0 radical (unpaired) electrons. The van der Waals surface area contributed by atoms with E-state index < -0.39 is 18.9 Å². The van der Waals surface area contributed by atoms with Gasteiger partial charge in [0.15, 0.2) is 0 Å². The quantitative estimate of drug-likeness (QED) is 0.377. The van der Waals surface area contributed by atoms with Gasteiger partial charge in [-0.25, -0.2) is 0 Å². The van der Waals surface area contributed by atoms with E-state index in [1.54, 1.807) is 22.3 Å². The predicted molar refractivity (Wildman–Crippen MR) is 143 cm³/mol. The number of aryl methyl sites for hydroxylation is 2. The second kappa shape index (κ2) is 11.5. The third-order valence-electron chi connectivity index (χ3n) is 8.02. The number of fused-ring (bicyclic) bond motifs is 2. The zero-order valence-corrected chi connectivity index (χ0v) is 26.6. The molecule has 0 spiro atoms. The van der Waals surface area contributed by atoms with Gasteiger partial charge in [0.2, 0.25) is 0 Å². The smallest absolute Gasteiger partial charge is 1.00 e. The summed E-state index contributed by atoms with van der Waals surface area (Å²) >= 11 is -2.96. The van der Waals surface area contributed by atoms with E-state index in [2.05, 4.69) is 113 Å². The van der Waals surface area contributed by atoms with Gasteiger partial charge < -0.3 is 24.8 Å². The molecule has 2 unspecified atom stereocenters. The van der Waals surface area contributed by atoms with Crippen LogP contribution in [0.3, 0.4) is 0 Å². The van der Waals surface area contributed by atoms with E-state index in [1.165, 1.54) is 31.9 Å². The molecule has 0 aliphatic heterocycles. The third kappa shape index (κ3) is 4.89. The summed E-state index contributed by atoms with van der Waals surface area (Å²) in [6, 6.07) is 25.6. The molecule has 0 saturated heterocycles. The Labute approximate surface area is 229 Å². The van der Waals surface area contributed by atoms with Gasteiger partial charge in [-0.15, -0.1) is 0 Å². The molecule has 0 heterocycles. The molecule has 0 saturated carbocycles. The van der Waals surface area contributed by atoms with Crippen molar-refractivity contribution in [3.8, 4) is 0 Å². The SMILES string of the molecule is CCc1cccc2c1C=C(C)[CH]2[Zr+2](=[SiH2])([CH2]c1ccccc1)[CH]1C(C)=Cc2c(CC)cccc21.[Cl-].[Cl-]. The summed E-state index contributed by atoms with van der Waals surface area (Å²) < 4.78 is 2.54. The van der Waals surface area contributed by atoms with Gasteiger partial charge in [0.25, 0.3) is 0 Å². The Morgan fingerprint density at radius 2 is 1.11 bits per heavy atom. The molecule has 0 aromatic heterocycles. The van der Waals surface area contributed by atoms with Crippen LogP contribution in [0.1, 0.15) is 73.9 Å². The van der Waals surface area contributed by atoms with Crippen LogP contribution in [0, 0.1) is 0 Å². The maximum Gasteiger partial charge on any atom is -1.00 e. The van der Waals surface area contributed by atoms with Crippen LogP contribution in [0.25, 0.3) is 12.2 Å². The number of hydrogen-bond donors (Lipinski definition) is 0. The minimum Gasteiger partial charge on any atom is -1.00 e. The van der Waals surface area contributed by atoms with E-state index in [0.717, 1.165) is 12.8 Å². The first-order valence-corrected chi connectivity index (χ1v) is 23.0. The molecule has 3 aromatic rings. The van der Waals surface area contributed by atoms with Crippen molar-refractivity contribution >= 4 is 19.0 Å². The Morgan fingerprint density at radius 1 is 0.657 bits per heavy atom. The van der Waals surface area contributed by atoms with E-state index in [4.69, 9.17) is 0 Å². The molecular formula is C31H35Cl2SiZr. The van der Waals surface area contributed by atoms with Crippen molar-refractivity contribution in [3.63, 3.8) is 0 Å². The van der Waals surface area contributed by atoms with E-state index in [9.17, 15) is 0 Å². The van der Waals surface area contributed by atoms with Crippen molar-refractivity contribution in [3.05, 3.63) is 117 Å². The molecule has 2 atom stereocenters. The zero-order chi connectivity index (χ0) is 23.2. The summed E-state index contributed by atoms with van der Waals surface area (Å²) in [5, 5.41) is 0. The van der Waals surface area contributed by atoms with Crippen LogP contribution in [0.5, 0.6) is 0 Å². The number of hydrogen-bond acceptors (Lipinski definition) is 0. The minimum absolute atomic E-state index is 0.